The Morgan fingerprint density at radius 1 is 1.00 bits per heavy atom. The smallest absolute Gasteiger partial charge is 0.242 e. The summed E-state index contributed by atoms with van der Waals surface area (Å²) in [6.07, 6.45) is 4.15. The molecule has 1 N–H and O–H groups in total. The maximum Gasteiger partial charge on any atom is 0.242 e. The van der Waals surface area contributed by atoms with Crippen molar-refractivity contribution in [1.29, 1.82) is 0 Å². The zero-order valence-corrected chi connectivity index (χ0v) is 18.8. The lowest BCUT2D eigenvalue weighted by atomic mass is 10.1. The van der Waals surface area contributed by atoms with Gasteiger partial charge in [-0.05, 0) is 67.1 Å². The average molecular weight is 464 g/mol. The molecule has 2 aliphatic rings. The summed E-state index contributed by atoms with van der Waals surface area (Å²) in [6.45, 7) is 1.93. The van der Waals surface area contributed by atoms with Crippen LogP contribution < -0.4 is 4.72 Å². The molecule has 2 amide bonds. The van der Waals surface area contributed by atoms with Crippen molar-refractivity contribution in [3.05, 3.63) is 41.4 Å². The number of carbonyl (C=O) groups is 2. The van der Waals surface area contributed by atoms with Crippen molar-refractivity contribution >= 4 is 44.2 Å². The van der Waals surface area contributed by atoms with Crippen LogP contribution in [-0.4, -0.2) is 62.3 Å². The Morgan fingerprint density at radius 2 is 1.71 bits per heavy atom. The van der Waals surface area contributed by atoms with Crippen LogP contribution in [0.15, 0.2) is 41.3 Å². The Kier molecular flexibility index (Phi) is 6.50. The highest BCUT2D eigenvalue weighted by molar-refractivity contribution is 7.89. The lowest BCUT2D eigenvalue weighted by Gasteiger charge is -2.34. The quantitative estimate of drug-likeness (QED) is 0.738. The van der Waals surface area contributed by atoms with Crippen LogP contribution in [0.5, 0.6) is 0 Å². The molecule has 166 valence electrons. The molecule has 2 fully saturated rings. The number of rotatable bonds is 5. The minimum Gasteiger partial charge on any atom is -0.341 e. The summed E-state index contributed by atoms with van der Waals surface area (Å²) in [5, 5.41) is 2.16. The number of piperidine rings is 2. The number of nitrogens with zero attached hydrogens (tertiary/aromatic N) is 2. The van der Waals surface area contributed by atoms with E-state index in [4.69, 9.17) is 11.6 Å². The molecule has 0 bridgehead atoms. The number of sulfonamides is 1. The van der Waals surface area contributed by atoms with Gasteiger partial charge in [0.15, 0.2) is 0 Å². The van der Waals surface area contributed by atoms with E-state index < -0.39 is 16.1 Å². The Labute approximate surface area is 187 Å². The first-order chi connectivity index (χ1) is 14.8. The van der Waals surface area contributed by atoms with Gasteiger partial charge in [-0.3, -0.25) is 9.59 Å². The van der Waals surface area contributed by atoms with Gasteiger partial charge in [0, 0.05) is 24.7 Å². The van der Waals surface area contributed by atoms with E-state index in [-0.39, 0.29) is 23.3 Å². The largest absolute Gasteiger partial charge is 0.341 e. The van der Waals surface area contributed by atoms with Crippen molar-refractivity contribution in [2.75, 3.05) is 26.2 Å². The van der Waals surface area contributed by atoms with Crippen molar-refractivity contribution in [3.8, 4) is 0 Å². The molecule has 0 radical (unpaired) electrons. The lowest BCUT2D eigenvalue weighted by Crippen LogP contribution is -2.54. The van der Waals surface area contributed by atoms with Crippen LogP contribution in [0.4, 0.5) is 0 Å². The summed E-state index contributed by atoms with van der Waals surface area (Å²) in [7, 11) is -3.89. The highest BCUT2D eigenvalue weighted by Gasteiger charge is 2.34. The topological polar surface area (TPSA) is 86.8 Å². The number of carbonyl (C=O) groups excluding carboxylic acids is 2. The van der Waals surface area contributed by atoms with Gasteiger partial charge in [0.1, 0.15) is 6.04 Å². The molecule has 2 aromatic carbocycles. The van der Waals surface area contributed by atoms with Crippen LogP contribution in [0.3, 0.4) is 0 Å². The normalized spacial score (nSPS) is 20.3. The predicted octanol–water partition coefficient (Wildman–Crippen LogP) is 2.78. The summed E-state index contributed by atoms with van der Waals surface area (Å²) < 4.78 is 28.4. The summed E-state index contributed by atoms with van der Waals surface area (Å²) in [5.41, 5.74) is 0. The van der Waals surface area contributed by atoms with Crippen molar-refractivity contribution < 1.29 is 18.0 Å². The fourth-order valence-corrected chi connectivity index (χ4v) is 5.67. The number of amides is 2. The molecule has 7 nitrogen and oxygen atoms in total. The highest BCUT2D eigenvalue weighted by atomic mass is 35.5. The molecule has 2 aromatic rings. The van der Waals surface area contributed by atoms with Crippen LogP contribution in [-0.2, 0) is 19.6 Å². The Balaban J connectivity index is 1.45. The Morgan fingerprint density at radius 3 is 2.48 bits per heavy atom. The van der Waals surface area contributed by atoms with Gasteiger partial charge in [-0.2, -0.15) is 4.72 Å². The second kappa shape index (κ2) is 9.14. The summed E-state index contributed by atoms with van der Waals surface area (Å²) in [6, 6.07) is 9.13. The van der Waals surface area contributed by atoms with Gasteiger partial charge in [-0.25, -0.2) is 8.42 Å². The number of likely N-dealkylation sites (tertiary alicyclic amines) is 2. The van der Waals surface area contributed by atoms with E-state index in [2.05, 4.69) is 4.72 Å². The van der Waals surface area contributed by atoms with Crippen molar-refractivity contribution in [3.63, 3.8) is 0 Å². The van der Waals surface area contributed by atoms with Gasteiger partial charge >= 0.3 is 0 Å². The molecule has 9 heteroatoms. The maximum absolute atomic E-state index is 12.9. The highest BCUT2D eigenvalue weighted by Crippen LogP contribution is 2.23. The van der Waals surface area contributed by atoms with Crippen LogP contribution in [0.1, 0.15) is 32.1 Å². The average Bonchev–Trinajstić information content (AvgIpc) is 2.76. The number of hydrogen-bond acceptors (Lipinski definition) is 4. The summed E-state index contributed by atoms with van der Waals surface area (Å²) in [4.78, 5) is 28.8. The van der Waals surface area contributed by atoms with Crippen molar-refractivity contribution in [2.45, 2.75) is 43.0 Å². The first kappa shape index (κ1) is 22.0. The van der Waals surface area contributed by atoms with Gasteiger partial charge < -0.3 is 9.80 Å². The third-order valence-electron chi connectivity index (χ3n) is 5.95. The molecule has 0 aromatic heterocycles. The standard InChI is InChI=1S/C22H26ClN3O4S/c23-18-8-6-17-14-19(9-7-16(17)13-18)31(29,30)24-20-5-4-12-26(22(20)28)15-21(27)25-10-2-1-3-11-25/h6-9,13-14,20,24H,1-5,10-12,15H2/t20-/m0/s1. The van der Waals surface area contributed by atoms with Crippen LogP contribution in [0, 0.1) is 0 Å². The minimum atomic E-state index is -3.89. The molecule has 4 rings (SSSR count). The van der Waals surface area contributed by atoms with Crippen LogP contribution >= 0.6 is 11.6 Å². The van der Waals surface area contributed by atoms with E-state index in [0.29, 0.717) is 24.4 Å². The fraction of sp³-hybridized carbons (Fsp3) is 0.455. The van der Waals surface area contributed by atoms with Gasteiger partial charge in [0.25, 0.3) is 0 Å². The maximum atomic E-state index is 12.9. The molecule has 0 spiro atoms. The number of fused-ring (bicyclic) bond motifs is 1. The zero-order valence-electron chi connectivity index (χ0n) is 17.2. The van der Waals surface area contributed by atoms with Crippen molar-refractivity contribution in [1.82, 2.24) is 14.5 Å². The molecular weight excluding hydrogens is 438 g/mol. The first-order valence-corrected chi connectivity index (χ1v) is 12.5. The second-order valence-corrected chi connectivity index (χ2v) is 10.3. The molecule has 0 saturated carbocycles. The fourth-order valence-electron chi connectivity index (χ4n) is 4.23. The molecule has 2 aliphatic heterocycles. The number of hydrogen-bond donors (Lipinski definition) is 1. The van der Waals surface area contributed by atoms with Gasteiger partial charge in [-0.1, -0.05) is 23.7 Å². The number of nitrogens with one attached hydrogen (secondary N) is 1. The number of halogens is 1. The Bertz CT molecular complexity index is 1100. The summed E-state index contributed by atoms with van der Waals surface area (Å²) in [5.74, 6) is -0.405. The molecule has 0 unspecified atom stereocenters. The SMILES string of the molecule is O=C(CN1CCC[C@H](NS(=O)(=O)c2ccc3cc(Cl)ccc3c2)C1=O)N1CCCCC1. The van der Waals surface area contributed by atoms with E-state index >= 15 is 0 Å². The molecule has 2 saturated heterocycles. The van der Waals surface area contributed by atoms with Gasteiger partial charge in [-0.15, -0.1) is 0 Å². The summed E-state index contributed by atoms with van der Waals surface area (Å²) >= 11 is 5.99. The van der Waals surface area contributed by atoms with E-state index in [9.17, 15) is 18.0 Å². The second-order valence-electron chi connectivity index (χ2n) is 8.17. The third-order valence-corrected chi connectivity index (χ3v) is 7.65. The van der Waals surface area contributed by atoms with E-state index in [0.717, 1.165) is 43.1 Å². The zero-order chi connectivity index (χ0) is 22.0. The van der Waals surface area contributed by atoms with E-state index in [1.807, 2.05) is 0 Å². The molecule has 0 aliphatic carbocycles. The van der Waals surface area contributed by atoms with Crippen LogP contribution in [0.2, 0.25) is 5.02 Å². The molecular formula is C22H26ClN3O4S. The van der Waals surface area contributed by atoms with E-state index in [1.165, 1.54) is 11.0 Å². The third kappa shape index (κ3) is 5.02. The van der Waals surface area contributed by atoms with Crippen LogP contribution in [0.25, 0.3) is 10.8 Å². The van der Waals surface area contributed by atoms with Crippen molar-refractivity contribution in [2.24, 2.45) is 0 Å². The first-order valence-electron chi connectivity index (χ1n) is 10.6. The minimum absolute atomic E-state index is 0.00773. The molecule has 1 atom stereocenters. The van der Waals surface area contributed by atoms with Gasteiger partial charge in [0.05, 0.1) is 11.4 Å². The molecule has 31 heavy (non-hydrogen) atoms. The Hall–Kier alpha value is -2.16. The number of benzene rings is 2. The van der Waals surface area contributed by atoms with Gasteiger partial charge in [0.2, 0.25) is 21.8 Å². The predicted molar refractivity (Wildman–Crippen MR) is 119 cm³/mol. The van der Waals surface area contributed by atoms with E-state index in [1.54, 1.807) is 35.2 Å². The lowest BCUT2D eigenvalue weighted by molar-refractivity contribution is -0.143. The monoisotopic (exact) mass is 463 g/mol. The molecule has 2 heterocycles.